The van der Waals surface area contributed by atoms with Gasteiger partial charge in [-0.1, -0.05) is 30.3 Å². The van der Waals surface area contributed by atoms with Crippen LogP contribution < -0.4 is 10.1 Å². The molecule has 1 atom stereocenters. The molecule has 29 heavy (non-hydrogen) atoms. The van der Waals surface area contributed by atoms with E-state index in [0.717, 1.165) is 12.0 Å². The molecule has 1 unspecified atom stereocenters. The van der Waals surface area contributed by atoms with Gasteiger partial charge in [-0.2, -0.15) is 0 Å². The van der Waals surface area contributed by atoms with Crippen LogP contribution in [0.25, 0.3) is 11.0 Å². The molecule has 1 aliphatic rings. The van der Waals surface area contributed by atoms with Crippen molar-refractivity contribution in [3.8, 4) is 5.75 Å². The van der Waals surface area contributed by atoms with Crippen molar-refractivity contribution >= 4 is 22.8 Å². The zero-order valence-corrected chi connectivity index (χ0v) is 16.6. The van der Waals surface area contributed by atoms with Crippen molar-refractivity contribution < 1.29 is 18.7 Å². The highest BCUT2D eigenvalue weighted by Gasteiger charge is 2.27. The van der Waals surface area contributed by atoms with Gasteiger partial charge in [-0.15, -0.1) is 0 Å². The fraction of sp³-hybridized carbons (Fsp3) is 0.304. The first-order chi connectivity index (χ1) is 14.0. The maximum atomic E-state index is 13.0. The summed E-state index contributed by atoms with van der Waals surface area (Å²) < 4.78 is 11.7. The molecular formula is C23H24N2O4. The van der Waals surface area contributed by atoms with Crippen LogP contribution in [0, 0.1) is 6.92 Å². The number of ether oxygens (including phenoxy) is 1. The van der Waals surface area contributed by atoms with Gasteiger partial charge < -0.3 is 19.4 Å². The highest BCUT2D eigenvalue weighted by molar-refractivity contribution is 6.07. The van der Waals surface area contributed by atoms with Crippen LogP contribution in [0.2, 0.25) is 0 Å². The third-order valence-corrected chi connectivity index (χ3v) is 5.31. The van der Waals surface area contributed by atoms with Crippen LogP contribution in [0.3, 0.4) is 0 Å². The maximum absolute atomic E-state index is 13.0. The molecule has 3 aromatic rings. The van der Waals surface area contributed by atoms with Crippen molar-refractivity contribution in [1.29, 1.82) is 0 Å². The first kappa shape index (κ1) is 19.1. The molecule has 0 radical (unpaired) electrons. The molecule has 0 aliphatic carbocycles. The first-order valence-corrected chi connectivity index (χ1v) is 9.76. The Labute approximate surface area is 169 Å². The topological polar surface area (TPSA) is 71.8 Å². The lowest BCUT2D eigenvalue weighted by Crippen LogP contribution is -2.46. The zero-order chi connectivity index (χ0) is 20.4. The first-order valence-electron chi connectivity index (χ1n) is 9.76. The lowest BCUT2D eigenvalue weighted by atomic mass is 10.0. The number of piperidine rings is 1. The predicted molar refractivity (Wildman–Crippen MR) is 110 cm³/mol. The van der Waals surface area contributed by atoms with Crippen molar-refractivity contribution in [3.05, 3.63) is 65.4 Å². The number of hydrogen-bond acceptors (Lipinski definition) is 4. The molecule has 0 spiro atoms. The summed E-state index contributed by atoms with van der Waals surface area (Å²) in [6.45, 7) is 2.87. The molecule has 0 saturated carbocycles. The van der Waals surface area contributed by atoms with E-state index in [4.69, 9.17) is 9.15 Å². The lowest BCUT2D eigenvalue weighted by Gasteiger charge is -2.29. The molecule has 1 aromatic heterocycles. The standard InChI is InChI=1S/C23H24N2O4/c1-15-22(23(27)24-17-10-11-25(2)21(26)12-17)19-13-18(8-9-20(19)29-15)28-14-16-6-4-3-5-7-16/h3-9,13,17H,10-12,14H2,1-2H3,(H,24,27). The minimum absolute atomic E-state index is 0.0481. The van der Waals surface area contributed by atoms with Crippen LogP contribution in [0.5, 0.6) is 5.75 Å². The molecule has 2 aromatic carbocycles. The Morgan fingerprint density at radius 2 is 2.03 bits per heavy atom. The van der Waals surface area contributed by atoms with E-state index >= 15 is 0 Å². The summed E-state index contributed by atoms with van der Waals surface area (Å²) in [6, 6.07) is 15.2. The molecule has 1 N–H and O–H groups in total. The SMILES string of the molecule is Cc1oc2ccc(OCc3ccccc3)cc2c1C(=O)NC1CCN(C)C(=O)C1. The third kappa shape index (κ3) is 4.11. The fourth-order valence-corrected chi connectivity index (χ4v) is 3.64. The second kappa shape index (κ2) is 7.99. The summed E-state index contributed by atoms with van der Waals surface area (Å²) in [5, 5.41) is 3.71. The number of likely N-dealkylation sites (tertiary alicyclic amines) is 1. The van der Waals surface area contributed by atoms with Crippen LogP contribution in [-0.2, 0) is 11.4 Å². The molecular weight excluding hydrogens is 368 g/mol. The largest absolute Gasteiger partial charge is 0.489 e. The van der Waals surface area contributed by atoms with Gasteiger partial charge in [-0.05, 0) is 37.1 Å². The smallest absolute Gasteiger partial charge is 0.255 e. The van der Waals surface area contributed by atoms with Crippen molar-refractivity contribution in [3.63, 3.8) is 0 Å². The number of carbonyl (C=O) groups is 2. The van der Waals surface area contributed by atoms with Gasteiger partial charge in [0.25, 0.3) is 5.91 Å². The Kier molecular flexibility index (Phi) is 5.25. The third-order valence-electron chi connectivity index (χ3n) is 5.31. The Balaban J connectivity index is 1.53. The number of amides is 2. The minimum atomic E-state index is -0.219. The summed E-state index contributed by atoms with van der Waals surface area (Å²) in [5.74, 6) is 1.05. The van der Waals surface area contributed by atoms with E-state index in [2.05, 4.69) is 5.32 Å². The lowest BCUT2D eigenvalue weighted by molar-refractivity contribution is -0.132. The van der Waals surface area contributed by atoms with Crippen molar-refractivity contribution in [2.24, 2.45) is 0 Å². The normalized spacial score (nSPS) is 16.8. The van der Waals surface area contributed by atoms with Gasteiger partial charge in [-0.25, -0.2) is 0 Å². The summed E-state index contributed by atoms with van der Waals surface area (Å²) in [4.78, 5) is 26.6. The second-order valence-electron chi connectivity index (χ2n) is 7.44. The van der Waals surface area contributed by atoms with Gasteiger partial charge in [0, 0.05) is 31.4 Å². The molecule has 0 bridgehead atoms. The molecule has 6 nitrogen and oxygen atoms in total. The Hall–Kier alpha value is -3.28. The van der Waals surface area contributed by atoms with Crippen LogP contribution in [0.4, 0.5) is 0 Å². The van der Waals surface area contributed by atoms with Gasteiger partial charge in [0.1, 0.15) is 23.7 Å². The number of fused-ring (bicyclic) bond motifs is 1. The number of carbonyl (C=O) groups excluding carboxylic acids is 2. The number of aryl methyl sites for hydroxylation is 1. The number of rotatable bonds is 5. The van der Waals surface area contributed by atoms with Crippen LogP contribution in [0.1, 0.15) is 34.5 Å². The van der Waals surface area contributed by atoms with Gasteiger partial charge in [0.2, 0.25) is 5.91 Å². The number of furan rings is 1. The Bertz CT molecular complexity index is 1040. The van der Waals surface area contributed by atoms with Crippen LogP contribution in [0.15, 0.2) is 52.9 Å². The van der Waals surface area contributed by atoms with E-state index in [9.17, 15) is 9.59 Å². The summed E-state index contributed by atoms with van der Waals surface area (Å²) in [7, 11) is 1.78. The minimum Gasteiger partial charge on any atom is -0.489 e. The molecule has 6 heteroatoms. The highest BCUT2D eigenvalue weighted by atomic mass is 16.5. The molecule has 150 valence electrons. The number of nitrogens with zero attached hydrogens (tertiary/aromatic N) is 1. The monoisotopic (exact) mass is 392 g/mol. The van der Waals surface area contributed by atoms with E-state index in [-0.39, 0.29) is 17.9 Å². The highest BCUT2D eigenvalue weighted by Crippen LogP contribution is 2.30. The van der Waals surface area contributed by atoms with E-state index in [1.165, 1.54) is 0 Å². The molecule has 1 fully saturated rings. The summed E-state index contributed by atoms with van der Waals surface area (Å²) in [5.41, 5.74) is 2.21. The van der Waals surface area contributed by atoms with Gasteiger partial charge in [0.15, 0.2) is 0 Å². The van der Waals surface area contributed by atoms with E-state index < -0.39 is 0 Å². The van der Waals surface area contributed by atoms with E-state index in [0.29, 0.717) is 47.6 Å². The quantitative estimate of drug-likeness (QED) is 0.719. The predicted octanol–water partition coefficient (Wildman–Crippen LogP) is 3.67. The fourth-order valence-electron chi connectivity index (χ4n) is 3.64. The Morgan fingerprint density at radius 1 is 1.24 bits per heavy atom. The Morgan fingerprint density at radius 3 is 2.79 bits per heavy atom. The van der Waals surface area contributed by atoms with Crippen LogP contribution in [-0.4, -0.2) is 36.3 Å². The number of nitrogens with one attached hydrogen (secondary N) is 1. The van der Waals surface area contributed by atoms with Gasteiger partial charge >= 0.3 is 0 Å². The van der Waals surface area contributed by atoms with Crippen molar-refractivity contribution in [2.75, 3.05) is 13.6 Å². The maximum Gasteiger partial charge on any atom is 0.255 e. The molecule has 2 heterocycles. The zero-order valence-electron chi connectivity index (χ0n) is 16.6. The summed E-state index contributed by atoms with van der Waals surface area (Å²) >= 11 is 0. The van der Waals surface area contributed by atoms with Crippen molar-refractivity contribution in [1.82, 2.24) is 10.2 Å². The average molecular weight is 392 g/mol. The van der Waals surface area contributed by atoms with Crippen molar-refractivity contribution in [2.45, 2.75) is 32.4 Å². The second-order valence-corrected chi connectivity index (χ2v) is 7.44. The van der Waals surface area contributed by atoms with Gasteiger partial charge in [-0.3, -0.25) is 9.59 Å². The molecule has 1 saturated heterocycles. The number of benzene rings is 2. The number of hydrogen-bond donors (Lipinski definition) is 1. The average Bonchev–Trinajstić information content (AvgIpc) is 3.05. The summed E-state index contributed by atoms with van der Waals surface area (Å²) in [6.07, 6.45) is 1.07. The molecule has 4 rings (SSSR count). The van der Waals surface area contributed by atoms with E-state index in [1.54, 1.807) is 18.9 Å². The van der Waals surface area contributed by atoms with Crippen LogP contribution >= 0.6 is 0 Å². The molecule has 2 amide bonds. The van der Waals surface area contributed by atoms with E-state index in [1.807, 2.05) is 48.5 Å². The molecule has 1 aliphatic heterocycles. The van der Waals surface area contributed by atoms with Gasteiger partial charge in [0.05, 0.1) is 5.56 Å².